The standard InChI is InChI=1S/C19H20FNO3/c20-16-4-1-13(2-5-16)18-7-8-21-10-15(18)11-22-17-6-3-14-12-23-24-19(14)9-17/h1-6,9,15,18,21H,7-8,10-12H2/t15-,18-/m0/s1. The van der Waals surface area contributed by atoms with Gasteiger partial charge in [-0.25, -0.2) is 4.39 Å². The molecular weight excluding hydrogens is 309 g/mol. The van der Waals surface area contributed by atoms with Gasteiger partial charge in [-0.05, 0) is 48.7 Å². The normalized spacial score (nSPS) is 22.7. The molecule has 0 amide bonds. The maximum Gasteiger partial charge on any atom is 0.174 e. The molecule has 2 aromatic carbocycles. The lowest BCUT2D eigenvalue weighted by atomic mass is 9.81. The summed E-state index contributed by atoms with van der Waals surface area (Å²) in [4.78, 5) is 10.1. The number of rotatable bonds is 4. The van der Waals surface area contributed by atoms with Gasteiger partial charge in [-0.1, -0.05) is 12.1 Å². The number of fused-ring (bicyclic) bond motifs is 1. The summed E-state index contributed by atoms with van der Waals surface area (Å²) in [6.07, 6.45) is 1.03. The third-order valence-electron chi connectivity index (χ3n) is 4.77. The molecule has 0 radical (unpaired) electrons. The highest BCUT2D eigenvalue weighted by Gasteiger charge is 2.27. The topological polar surface area (TPSA) is 39.7 Å². The second kappa shape index (κ2) is 6.79. The number of piperidine rings is 1. The molecule has 0 unspecified atom stereocenters. The van der Waals surface area contributed by atoms with Gasteiger partial charge in [-0.15, -0.1) is 0 Å². The van der Waals surface area contributed by atoms with Crippen LogP contribution in [0.3, 0.4) is 0 Å². The van der Waals surface area contributed by atoms with Crippen molar-refractivity contribution in [2.45, 2.75) is 18.9 Å². The van der Waals surface area contributed by atoms with Gasteiger partial charge in [0.1, 0.15) is 18.2 Å². The SMILES string of the molecule is Fc1ccc([C@@H]2CCNC[C@H]2COc2ccc3c(c2)OOC3)cc1. The fraction of sp³-hybridized carbons (Fsp3) is 0.368. The molecule has 2 heterocycles. The van der Waals surface area contributed by atoms with Gasteiger partial charge < -0.3 is 14.9 Å². The lowest BCUT2D eigenvalue weighted by Crippen LogP contribution is -2.38. The summed E-state index contributed by atoms with van der Waals surface area (Å²) in [5.74, 6) is 2.03. The summed E-state index contributed by atoms with van der Waals surface area (Å²) in [6, 6.07) is 12.6. The predicted octanol–water partition coefficient (Wildman–Crippen LogP) is 3.42. The Labute approximate surface area is 140 Å². The third kappa shape index (κ3) is 3.23. The van der Waals surface area contributed by atoms with Crippen molar-refractivity contribution < 1.29 is 18.9 Å². The molecule has 0 saturated carbocycles. The van der Waals surface area contributed by atoms with E-state index in [9.17, 15) is 4.39 Å². The Bertz CT molecular complexity index is 704. The van der Waals surface area contributed by atoms with Crippen molar-refractivity contribution >= 4 is 0 Å². The lowest BCUT2D eigenvalue weighted by molar-refractivity contribution is -0.194. The minimum absolute atomic E-state index is 0.194. The second-order valence-corrected chi connectivity index (χ2v) is 6.34. The maximum atomic E-state index is 13.2. The summed E-state index contributed by atoms with van der Waals surface area (Å²) >= 11 is 0. The first kappa shape index (κ1) is 15.4. The zero-order valence-corrected chi connectivity index (χ0v) is 13.3. The number of hydrogen-bond donors (Lipinski definition) is 1. The largest absolute Gasteiger partial charge is 0.493 e. The molecule has 2 aliphatic rings. The van der Waals surface area contributed by atoms with Crippen LogP contribution < -0.4 is 14.9 Å². The molecule has 0 aliphatic carbocycles. The second-order valence-electron chi connectivity index (χ2n) is 6.34. The number of halogens is 1. The van der Waals surface area contributed by atoms with E-state index in [1.54, 1.807) is 0 Å². The smallest absolute Gasteiger partial charge is 0.174 e. The molecule has 0 spiro atoms. The first-order valence-electron chi connectivity index (χ1n) is 8.31. The van der Waals surface area contributed by atoms with Gasteiger partial charge in [0, 0.05) is 24.1 Å². The van der Waals surface area contributed by atoms with Crippen molar-refractivity contribution in [3.05, 3.63) is 59.4 Å². The van der Waals surface area contributed by atoms with E-state index in [-0.39, 0.29) is 5.82 Å². The quantitative estimate of drug-likeness (QED) is 0.873. The monoisotopic (exact) mass is 329 g/mol. The first-order valence-corrected chi connectivity index (χ1v) is 8.31. The summed E-state index contributed by atoms with van der Waals surface area (Å²) in [7, 11) is 0. The van der Waals surface area contributed by atoms with Crippen LogP contribution in [0.5, 0.6) is 11.5 Å². The van der Waals surface area contributed by atoms with Crippen molar-refractivity contribution in [2.75, 3.05) is 19.7 Å². The van der Waals surface area contributed by atoms with Crippen molar-refractivity contribution in [3.63, 3.8) is 0 Å². The molecule has 1 N–H and O–H groups in total. The molecule has 24 heavy (non-hydrogen) atoms. The molecule has 2 atom stereocenters. The lowest BCUT2D eigenvalue weighted by Gasteiger charge is -2.32. The average molecular weight is 329 g/mol. The van der Waals surface area contributed by atoms with E-state index in [0.29, 0.717) is 25.0 Å². The van der Waals surface area contributed by atoms with Crippen molar-refractivity contribution in [1.29, 1.82) is 0 Å². The highest BCUT2D eigenvalue weighted by molar-refractivity contribution is 5.41. The summed E-state index contributed by atoms with van der Waals surface area (Å²) in [6.45, 7) is 2.96. The van der Waals surface area contributed by atoms with Crippen LogP contribution in [0.1, 0.15) is 23.5 Å². The Balaban J connectivity index is 1.44. The van der Waals surface area contributed by atoms with Crippen LogP contribution in [0.25, 0.3) is 0 Å². The predicted molar refractivity (Wildman–Crippen MR) is 87.5 cm³/mol. The minimum atomic E-state index is -0.194. The zero-order chi connectivity index (χ0) is 16.4. The Kier molecular flexibility index (Phi) is 4.36. The molecule has 4 rings (SSSR count). The molecule has 5 heteroatoms. The minimum Gasteiger partial charge on any atom is -0.493 e. The van der Waals surface area contributed by atoms with Gasteiger partial charge in [-0.2, -0.15) is 4.89 Å². The van der Waals surface area contributed by atoms with E-state index in [2.05, 4.69) is 5.32 Å². The highest BCUT2D eigenvalue weighted by Crippen LogP contribution is 2.33. The van der Waals surface area contributed by atoms with Crippen LogP contribution in [0.15, 0.2) is 42.5 Å². The summed E-state index contributed by atoms with van der Waals surface area (Å²) in [5.41, 5.74) is 2.21. The van der Waals surface area contributed by atoms with Gasteiger partial charge in [0.25, 0.3) is 0 Å². The van der Waals surface area contributed by atoms with E-state index in [4.69, 9.17) is 14.5 Å². The fourth-order valence-electron chi connectivity index (χ4n) is 3.43. The van der Waals surface area contributed by atoms with Crippen LogP contribution in [-0.2, 0) is 11.5 Å². The summed E-state index contributed by atoms with van der Waals surface area (Å²) < 4.78 is 19.2. The molecule has 2 aliphatic heterocycles. The first-order chi connectivity index (χ1) is 11.8. The Hall–Kier alpha value is -2.11. The van der Waals surface area contributed by atoms with E-state index in [1.165, 1.54) is 17.7 Å². The van der Waals surface area contributed by atoms with Crippen molar-refractivity contribution in [2.24, 2.45) is 5.92 Å². The van der Waals surface area contributed by atoms with Gasteiger partial charge in [-0.3, -0.25) is 0 Å². The molecule has 126 valence electrons. The van der Waals surface area contributed by atoms with E-state index in [1.807, 2.05) is 30.3 Å². The molecule has 2 aromatic rings. The van der Waals surface area contributed by atoms with Crippen LogP contribution in [0, 0.1) is 11.7 Å². The zero-order valence-electron chi connectivity index (χ0n) is 13.3. The Morgan fingerprint density at radius 2 is 2.04 bits per heavy atom. The van der Waals surface area contributed by atoms with Crippen LogP contribution in [-0.4, -0.2) is 19.7 Å². The van der Waals surface area contributed by atoms with Gasteiger partial charge in [0.2, 0.25) is 0 Å². The van der Waals surface area contributed by atoms with Crippen molar-refractivity contribution in [3.8, 4) is 11.5 Å². The molecule has 1 fully saturated rings. The van der Waals surface area contributed by atoms with E-state index in [0.717, 1.165) is 36.6 Å². The fourth-order valence-corrected chi connectivity index (χ4v) is 3.43. The molecule has 4 nitrogen and oxygen atoms in total. The number of benzene rings is 2. The molecular formula is C19H20FNO3. The van der Waals surface area contributed by atoms with E-state index < -0.39 is 0 Å². The number of nitrogens with one attached hydrogen (secondary N) is 1. The number of hydrogen-bond acceptors (Lipinski definition) is 4. The number of ether oxygens (including phenoxy) is 1. The van der Waals surface area contributed by atoms with Crippen LogP contribution in [0.2, 0.25) is 0 Å². The van der Waals surface area contributed by atoms with Crippen molar-refractivity contribution in [1.82, 2.24) is 5.32 Å². The average Bonchev–Trinajstić information content (AvgIpc) is 3.09. The maximum absolute atomic E-state index is 13.2. The van der Waals surface area contributed by atoms with Crippen LogP contribution in [0.4, 0.5) is 4.39 Å². The van der Waals surface area contributed by atoms with Gasteiger partial charge in [0.05, 0.1) is 6.61 Å². The van der Waals surface area contributed by atoms with Gasteiger partial charge >= 0.3 is 0 Å². The summed E-state index contributed by atoms with van der Waals surface area (Å²) in [5, 5.41) is 3.43. The third-order valence-corrected chi connectivity index (χ3v) is 4.77. The van der Waals surface area contributed by atoms with Gasteiger partial charge in [0.15, 0.2) is 5.75 Å². The molecule has 0 bridgehead atoms. The Morgan fingerprint density at radius 3 is 2.92 bits per heavy atom. The molecule has 1 saturated heterocycles. The van der Waals surface area contributed by atoms with Crippen LogP contribution >= 0.6 is 0 Å². The highest BCUT2D eigenvalue weighted by atomic mass is 19.1. The Morgan fingerprint density at radius 1 is 1.17 bits per heavy atom. The molecule has 0 aromatic heterocycles. The van der Waals surface area contributed by atoms with E-state index >= 15 is 0 Å².